The first kappa shape index (κ1) is 25.1. The van der Waals surface area contributed by atoms with E-state index in [1.807, 2.05) is 6.08 Å². The lowest BCUT2D eigenvalue weighted by Gasteiger charge is -2.32. The molecule has 0 atom stereocenters. The standard InChI is InChI=1S/C27H38F4O/c1-2-3-4-5-6-19-7-9-20(10-8-19)11-12-21-13-15-22(16-14-21)23-17-24(28)26(25(29)18-23)32-27(30)31/h2,17-22,27H,1,3-16H2. The molecule has 1 aromatic carbocycles. The minimum absolute atomic E-state index is 0.0902. The molecule has 0 amide bonds. The summed E-state index contributed by atoms with van der Waals surface area (Å²) in [6, 6.07) is 2.34. The summed E-state index contributed by atoms with van der Waals surface area (Å²) in [5.41, 5.74) is 0.562. The maximum absolute atomic E-state index is 14.1. The normalized spacial score (nSPS) is 26.3. The average Bonchev–Trinajstić information content (AvgIpc) is 2.78. The number of hydrogen-bond donors (Lipinski definition) is 0. The Balaban J connectivity index is 1.36. The van der Waals surface area contributed by atoms with Crippen LogP contribution in [0.1, 0.15) is 101 Å². The average molecular weight is 455 g/mol. The first-order valence-corrected chi connectivity index (χ1v) is 12.5. The van der Waals surface area contributed by atoms with Crippen LogP contribution in [0.3, 0.4) is 0 Å². The zero-order chi connectivity index (χ0) is 22.9. The van der Waals surface area contributed by atoms with E-state index in [2.05, 4.69) is 11.3 Å². The van der Waals surface area contributed by atoms with Crippen molar-refractivity contribution >= 4 is 0 Å². The van der Waals surface area contributed by atoms with Gasteiger partial charge in [0, 0.05) is 0 Å². The molecular weight excluding hydrogens is 416 g/mol. The Morgan fingerprint density at radius 1 is 0.812 bits per heavy atom. The highest BCUT2D eigenvalue weighted by Crippen LogP contribution is 2.41. The first-order valence-electron chi connectivity index (χ1n) is 12.5. The van der Waals surface area contributed by atoms with E-state index in [9.17, 15) is 17.6 Å². The zero-order valence-corrected chi connectivity index (χ0v) is 19.1. The maximum atomic E-state index is 14.1. The molecule has 32 heavy (non-hydrogen) atoms. The fourth-order valence-electron chi connectivity index (χ4n) is 5.80. The molecule has 0 unspecified atom stereocenters. The summed E-state index contributed by atoms with van der Waals surface area (Å²) in [6.45, 7) is 0.556. The van der Waals surface area contributed by atoms with Crippen molar-refractivity contribution in [3.05, 3.63) is 42.0 Å². The molecule has 1 aromatic rings. The van der Waals surface area contributed by atoms with Gasteiger partial charge in [0.2, 0.25) is 0 Å². The second-order valence-corrected chi connectivity index (χ2v) is 9.95. The third-order valence-corrected chi connectivity index (χ3v) is 7.77. The summed E-state index contributed by atoms with van der Waals surface area (Å²) in [4.78, 5) is 0. The maximum Gasteiger partial charge on any atom is 0.387 e. The van der Waals surface area contributed by atoms with Crippen LogP contribution in [-0.4, -0.2) is 6.61 Å². The summed E-state index contributed by atoms with van der Waals surface area (Å²) >= 11 is 0. The molecule has 0 spiro atoms. The van der Waals surface area contributed by atoms with Crippen LogP contribution in [0.2, 0.25) is 0 Å². The number of ether oxygens (including phenoxy) is 1. The smallest absolute Gasteiger partial charge is 0.387 e. The van der Waals surface area contributed by atoms with Crippen LogP contribution in [0.25, 0.3) is 0 Å². The Hall–Kier alpha value is -1.52. The molecule has 5 heteroatoms. The summed E-state index contributed by atoms with van der Waals surface area (Å²) < 4.78 is 56.7. The summed E-state index contributed by atoms with van der Waals surface area (Å²) in [6.07, 6.45) is 19.1. The third-order valence-electron chi connectivity index (χ3n) is 7.77. The van der Waals surface area contributed by atoms with Gasteiger partial charge < -0.3 is 4.74 Å². The highest BCUT2D eigenvalue weighted by molar-refractivity contribution is 5.33. The van der Waals surface area contributed by atoms with Crippen molar-refractivity contribution in [3.63, 3.8) is 0 Å². The summed E-state index contributed by atoms with van der Waals surface area (Å²) in [5.74, 6) is -0.500. The molecule has 2 aliphatic rings. The second-order valence-electron chi connectivity index (χ2n) is 9.95. The molecule has 2 aliphatic carbocycles. The van der Waals surface area contributed by atoms with E-state index >= 15 is 0 Å². The predicted molar refractivity (Wildman–Crippen MR) is 121 cm³/mol. The van der Waals surface area contributed by atoms with Crippen molar-refractivity contribution < 1.29 is 22.3 Å². The molecule has 0 heterocycles. The van der Waals surface area contributed by atoms with Crippen molar-refractivity contribution in [1.82, 2.24) is 0 Å². The van der Waals surface area contributed by atoms with E-state index in [0.29, 0.717) is 11.5 Å². The van der Waals surface area contributed by atoms with Crippen LogP contribution < -0.4 is 4.74 Å². The Kier molecular flexibility index (Phi) is 9.92. The number of rotatable bonds is 11. The molecule has 0 bridgehead atoms. The number of halogens is 4. The molecule has 2 fully saturated rings. The zero-order valence-electron chi connectivity index (χ0n) is 19.1. The van der Waals surface area contributed by atoms with Crippen molar-refractivity contribution in [2.24, 2.45) is 17.8 Å². The Labute approximate surface area is 190 Å². The minimum atomic E-state index is -3.24. The Morgan fingerprint density at radius 2 is 1.31 bits per heavy atom. The Morgan fingerprint density at radius 3 is 1.81 bits per heavy atom. The number of alkyl halides is 2. The fourth-order valence-corrected chi connectivity index (χ4v) is 5.80. The van der Waals surface area contributed by atoms with E-state index in [-0.39, 0.29) is 5.92 Å². The van der Waals surface area contributed by atoms with Gasteiger partial charge in [-0.1, -0.05) is 57.4 Å². The van der Waals surface area contributed by atoms with Crippen LogP contribution in [-0.2, 0) is 0 Å². The number of hydrogen-bond acceptors (Lipinski definition) is 1. The van der Waals surface area contributed by atoms with Crippen LogP contribution in [0.5, 0.6) is 5.75 Å². The van der Waals surface area contributed by atoms with Crippen molar-refractivity contribution in [1.29, 1.82) is 0 Å². The van der Waals surface area contributed by atoms with Gasteiger partial charge in [-0.15, -0.1) is 6.58 Å². The number of allylic oxidation sites excluding steroid dienone is 1. The minimum Gasteiger partial charge on any atom is -0.429 e. The molecule has 0 aliphatic heterocycles. The highest BCUT2D eigenvalue weighted by Gasteiger charge is 2.27. The van der Waals surface area contributed by atoms with E-state index in [0.717, 1.165) is 43.9 Å². The van der Waals surface area contributed by atoms with Crippen LogP contribution in [0, 0.1) is 29.4 Å². The first-order chi connectivity index (χ1) is 15.5. The molecule has 2 saturated carbocycles. The quantitative estimate of drug-likeness (QED) is 0.184. The SMILES string of the molecule is C=CCCCCC1CCC(CCC2CCC(c3cc(F)c(OC(F)F)c(F)c3)CC2)CC1. The van der Waals surface area contributed by atoms with Crippen molar-refractivity contribution in [2.75, 3.05) is 0 Å². The molecule has 0 N–H and O–H groups in total. The van der Waals surface area contributed by atoms with E-state index in [1.54, 1.807) is 0 Å². The van der Waals surface area contributed by atoms with Gasteiger partial charge >= 0.3 is 6.61 Å². The van der Waals surface area contributed by atoms with Gasteiger partial charge in [-0.3, -0.25) is 0 Å². The van der Waals surface area contributed by atoms with Gasteiger partial charge in [0.05, 0.1) is 0 Å². The van der Waals surface area contributed by atoms with Gasteiger partial charge in [0.25, 0.3) is 0 Å². The second kappa shape index (κ2) is 12.6. The van der Waals surface area contributed by atoms with Gasteiger partial charge in [0.1, 0.15) is 0 Å². The molecule has 3 rings (SSSR count). The number of unbranched alkanes of at least 4 members (excludes halogenated alkanes) is 2. The topological polar surface area (TPSA) is 9.23 Å². The Bertz CT molecular complexity index is 681. The summed E-state index contributed by atoms with van der Waals surface area (Å²) in [5, 5.41) is 0. The lowest BCUT2D eigenvalue weighted by atomic mass is 9.74. The van der Waals surface area contributed by atoms with Gasteiger partial charge in [-0.05, 0) is 79.9 Å². The molecular formula is C27H38F4O. The van der Waals surface area contributed by atoms with E-state index in [4.69, 9.17) is 0 Å². The fraction of sp³-hybridized carbons (Fsp3) is 0.704. The van der Waals surface area contributed by atoms with E-state index in [1.165, 1.54) is 69.9 Å². The highest BCUT2D eigenvalue weighted by atomic mass is 19.3. The van der Waals surface area contributed by atoms with Crippen molar-refractivity contribution in [2.45, 2.75) is 102 Å². The lowest BCUT2D eigenvalue weighted by molar-refractivity contribution is -0.0546. The number of benzene rings is 1. The lowest BCUT2D eigenvalue weighted by Crippen LogP contribution is -2.18. The molecule has 0 radical (unpaired) electrons. The monoisotopic (exact) mass is 454 g/mol. The molecule has 1 nitrogen and oxygen atoms in total. The molecule has 0 aromatic heterocycles. The predicted octanol–water partition coefficient (Wildman–Crippen LogP) is 9.17. The van der Waals surface area contributed by atoms with Crippen LogP contribution in [0.15, 0.2) is 24.8 Å². The van der Waals surface area contributed by atoms with Crippen LogP contribution >= 0.6 is 0 Å². The van der Waals surface area contributed by atoms with Crippen LogP contribution in [0.4, 0.5) is 17.6 Å². The van der Waals surface area contributed by atoms with Gasteiger partial charge in [-0.2, -0.15) is 8.78 Å². The largest absolute Gasteiger partial charge is 0.429 e. The summed E-state index contributed by atoms with van der Waals surface area (Å²) in [7, 11) is 0. The van der Waals surface area contributed by atoms with Gasteiger partial charge in [0.15, 0.2) is 17.4 Å². The molecule has 180 valence electrons. The third kappa shape index (κ3) is 7.52. The molecule has 0 saturated heterocycles. The van der Waals surface area contributed by atoms with Gasteiger partial charge in [-0.25, -0.2) is 8.78 Å². The van der Waals surface area contributed by atoms with Crippen molar-refractivity contribution in [3.8, 4) is 5.75 Å². The van der Waals surface area contributed by atoms with E-state index < -0.39 is 24.0 Å².